The van der Waals surface area contributed by atoms with Gasteiger partial charge in [-0.25, -0.2) is 0 Å². The van der Waals surface area contributed by atoms with Gasteiger partial charge in [0.25, 0.3) is 5.91 Å². The fourth-order valence-electron chi connectivity index (χ4n) is 3.18. The summed E-state index contributed by atoms with van der Waals surface area (Å²) in [5.74, 6) is 0.480. The molecule has 2 aromatic rings. The number of rotatable bonds is 8. The molecule has 28 heavy (non-hydrogen) atoms. The van der Waals surface area contributed by atoms with Gasteiger partial charge in [0.05, 0.1) is 6.10 Å². The maximum atomic E-state index is 12.5. The first-order chi connectivity index (χ1) is 13.2. The number of carbonyl (C=O) groups is 1. The summed E-state index contributed by atoms with van der Waals surface area (Å²) in [6, 6.07) is 16.0. The van der Waals surface area contributed by atoms with Crippen LogP contribution in [0.25, 0.3) is 0 Å². The first-order valence-electron chi connectivity index (χ1n) is 9.88. The zero-order chi connectivity index (χ0) is 20.7. The Bertz CT molecular complexity index is 786. The highest BCUT2D eigenvalue weighted by Crippen LogP contribution is 2.36. The standard InChI is InChI=1S/C23H32ClNO2Si/c1-23(2,3)21(27-28(4)5)19-10-7-9-18(15-19)16-25-22(26)20-11-6-8-17(14-20)12-13-24/h6-11,14-15,21,28H,12-13,16H2,1-5H3,(H,25,26). The van der Waals surface area contributed by atoms with E-state index >= 15 is 0 Å². The molecule has 1 atom stereocenters. The van der Waals surface area contributed by atoms with E-state index in [1.807, 2.05) is 36.4 Å². The molecule has 0 spiro atoms. The van der Waals surface area contributed by atoms with Crippen molar-refractivity contribution in [2.75, 3.05) is 5.88 Å². The fraction of sp³-hybridized carbons (Fsp3) is 0.435. The van der Waals surface area contributed by atoms with Gasteiger partial charge in [0.1, 0.15) is 0 Å². The maximum Gasteiger partial charge on any atom is 0.251 e. The van der Waals surface area contributed by atoms with Crippen molar-refractivity contribution in [2.24, 2.45) is 5.41 Å². The highest BCUT2D eigenvalue weighted by molar-refractivity contribution is 6.48. The molecule has 0 heterocycles. The van der Waals surface area contributed by atoms with Gasteiger partial charge in [0.15, 0.2) is 9.04 Å². The van der Waals surface area contributed by atoms with Gasteiger partial charge in [-0.1, -0.05) is 57.2 Å². The van der Waals surface area contributed by atoms with E-state index < -0.39 is 9.04 Å². The highest BCUT2D eigenvalue weighted by Gasteiger charge is 2.28. The summed E-state index contributed by atoms with van der Waals surface area (Å²) in [5, 5.41) is 3.03. The van der Waals surface area contributed by atoms with E-state index in [9.17, 15) is 4.79 Å². The van der Waals surface area contributed by atoms with E-state index in [2.05, 4.69) is 51.3 Å². The van der Waals surface area contributed by atoms with Crippen molar-refractivity contribution in [3.63, 3.8) is 0 Å². The van der Waals surface area contributed by atoms with Gasteiger partial charge in [0, 0.05) is 18.0 Å². The van der Waals surface area contributed by atoms with E-state index in [-0.39, 0.29) is 17.4 Å². The lowest BCUT2D eigenvalue weighted by molar-refractivity contribution is 0.0865. The zero-order valence-corrected chi connectivity index (χ0v) is 19.5. The average molecular weight is 418 g/mol. The molecule has 3 nitrogen and oxygen atoms in total. The monoisotopic (exact) mass is 417 g/mol. The van der Waals surface area contributed by atoms with Crippen molar-refractivity contribution in [3.05, 3.63) is 70.8 Å². The van der Waals surface area contributed by atoms with Crippen molar-refractivity contribution in [1.29, 1.82) is 0 Å². The van der Waals surface area contributed by atoms with Crippen LogP contribution in [-0.2, 0) is 17.4 Å². The van der Waals surface area contributed by atoms with Crippen LogP contribution in [0.5, 0.6) is 0 Å². The van der Waals surface area contributed by atoms with Gasteiger partial charge in [-0.3, -0.25) is 4.79 Å². The van der Waals surface area contributed by atoms with Gasteiger partial charge >= 0.3 is 0 Å². The second kappa shape index (κ2) is 10.2. The largest absolute Gasteiger partial charge is 0.413 e. The average Bonchev–Trinajstić information content (AvgIpc) is 2.64. The van der Waals surface area contributed by atoms with Crippen LogP contribution < -0.4 is 5.32 Å². The Kier molecular flexibility index (Phi) is 8.29. The molecule has 0 aliphatic heterocycles. The molecule has 0 bridgehead atoms. The van der Waals surface area contributed by atoms with Gasteiger partial charge in [-0.2, -0.15) is 0 Å². The first kappa shape index (κ1) is 22.7. The molecule has 0 aromatic heterocycles. The lowest BCUT2D eigenvalue weighted by atomic mass is 9.84. The minimum Gasteiger partial charge on any atom is -0.413 e. The van der Waals surface area contributed by atoms with Crippen LogP contribution >= 0.6 is 11.6 Å². The van der Waals surface area contributed by atoms with Crippen LogP contribution in [-0.4, -0.2) is 20.8 Å². The number of aryl methyl sites for hydroxylation is 1. The molecule has 152 valence electrons. The van der Waals surface area contributed by atoms with Crippen molar-refractivity contribution in [1.82, 2.24) is 5.32 Å². The third kappa shape index (κ3) is 6.76. The second-order valence-corrected chi connectivity index (χ2v) is 11.2. The molecule has 1 N–H and O–H groups in total. The van der Waals surface area contributed by atoms with Crippen molar-refractivity contribution >= 4 is 26.5 Å². The zero-order valence-electron chi connectivity index (χ0n) is 17.6. The summed E-state index contributed by atoms with van der Waals surface area (Å²) < 4.78 is 6.33. The van der Waals surface area contributed by atoms with Crippen LogP contribution in [0.1, 0.15) is 53.9 Å². The predicted molar refractivity (Wildman–Crippen MR) is 121 cm³/mol. The SMILES string of the molecule is C[SiH](C)OC(c1cccc(CNC(=O)c2cccc(CCCl)c2)c1)C(C)(C)C. The van der Waals surface area contributed by atoms with Gasteiger partial charge < -0.3 is 9.74 Å². The van der Waals surface area contributed by atoms with Crippen molar-refractivity contribution < 1.29 is 9.22 Å². The molecule has 0 aliphatic rings. The third-order valence-electron chi connectivity index (χ3n) is 4.47. The lowest BCUT2D eigenvalue weighted by Crippen LogP contribution is -2.26. The molecule has 0 fully saturated rings. The smallest absolute Gasteiger partial charge is 0.251 e. The predicted octanol–water partition coefficient (Wildman–Crippen LogP) is 5.49. The number of nitrogens with one attached hydrogen (secondary N) is 1. The van der Waals surface area contributed by atoms with Gasteiger partial charge in [-0.15, -0.1) is 11.6 Å². The molecule has 0 saturated carbocycles. The number of alkyl halides is 1. The Balaban J connectivity index is 2.10. The van der Waals surface area contributed by atoms with Crippen LogP contribution in [0.2, 0.25) is 13.1 Å². The summed E-state index contributed by atoms with van der Waals surface area (Å²) in [5.41, 5.74) is 4.01. The van der Waals surface area contributed by atoms with E-state index in [1.54, 1.807) is 0 Å². The number of hydrogen-bond donors (Lipinski definition) is 1. The Morgan fingerprint density at radius 1 is 1.11 bits per heavy atom. The normalized spacial score (nSPS) is 12.8. The van der Waals surface area contributed by atoms with Gasteiger partial charge in [-0.05, 0) is 53.8 Å². The first-order valence-corrected chi connectivity index (χ1v) is 13.2. The molecule has 2 aromatic carbocycles. The van der Waals surface area contributed by atoms with Crippen LogP contribution in [0.4, 0.5) is 0 Å². The van der Waals surface area contributed by atoms with E-state index in [4.69, 9.17) is 16.0 Å². The minimum absolute atomic E-state index is 0.0159. The number of carbonyl (C=O) groups excluding carboxylic acids is 1. The van der Waals surface area contributed by atoms with E-state index in [1.165, 1.54) is 5.56 Å². The number of hydrogen-bond acceptors (Lipinski definition) is 2. The molecule has 0 saturated heterocycles. The fourth-order valence-corrected chi connectivity index (χ4v) is 4.51. The summed E-state index contributed by atoms with van der Waals surface area (Å²) in [6.07, 6.45) is 0.819. The van der Waals surface area contributed by atoms with Crippen LogP contribution in [0.3, 0.4) is 0 Å². The molecular weight excluding hydrogens is 386 g/mol. The summed E-state index contributed by atoms with van der Waals surface area (Å²) in [6.45, 7) is 11.5. The topological polar surface area (TPSA) is 38.3 Å². The maximum absolute atomic E-state index is 12.5. The number of halogens is 1. The summed E-state index contributed by atoms with van der Waals surface area (Å²) >= 11 is 5.80. The van der Waals surface area contributed by atoms with Crippen LogP contribution in [0.15, 0.2) is 48.5 Å². The lowest BCUT2D eigenvalue weighted by Gasteiger charge is -2.33. The van der Waals surface area contributed by atoms with Crippen molar-refractivity contribution in [2.45, 2.75) is 52.9 Å². The summed E-state index contributed by atoms with van der Waals surface area (Å²) in [4.78, 5) is 12.5. The quantitative estimate of drug-likeness (QED) is 0.455. The van der Waals surface area contributed by atoms with Crippen LogP contribution in [0, 0.1) is 5.41 Å². The molecule has 5 heteroatoms. The number of benzene rings is 2. The molecule has 2 rings (SSSR count). The Morgan fingerprint density at radius 2 is 1.79 bits per heavy atom. The second-order valence-electron chi connectivity index (χ2n) is 8.50. The minimum atomic E-state index is -1.18. The molecule has 0 radical (unpaired) electrons. The molecule has 1 unspecified atom stereocenters. The van der Waals surface area contributed by atoms with E-state index in [0.29, 0.717) is 18.0 Å². The number of amides is 1. The Morgan fingerprint density at radius 3 is 2.43 bits per heavy atom. The molecule has 0 aliphatic carbocycles. The Labute approximate surface area is 176 Å². The molecular formula is C23H32ClNO2Si. The van der Waals surface area contributed by atoms with Crippen molar-refractivity contribution in [3.8, 4) is 0 Å². The Hall–Kier alpha value is -1.62. The highest BCUT2D eigenvalue weighted by atomic mass is 35.5. The van der Waals surface area contributed by atoms with Gasteiger partial charge in [0.2, 0.25) is 0 Å². The van der Waals surface area contributed by atoms with E-state index in [0.717, 1.165) is 17.5 Å². The molecule has 1 amide bonds. The summed E-state index contributed by atoms with van der Waals surface area (Å²) in [7, 11) is -1.18. The third-order valence-corrected chi connectivity index (χ3v) is 5.48.